The molecular formula is C4H11O2PS. The molecule has 0 rings (SSSR count). The lowest BCUT2D eigenvalue weighted by molar-refractivity contribution is 0.391. The Morgan fingerprint density at radius 3 is 2.50 bits per heavy atom. The summed E-state index contributed by atoms with van der Waals surface area (Å²) in [6.45, 7) is 1.67. The topological polar surface area (TPSA) is 29.5 Å². The van der Waals surface area contributed by atoms with Gasteiger partial charge in [0.15, 0.2) is 0 Å². The van der Waals surface area contributed by atoms with Crippen LogP contribution in [0.2, 0.25) is 0 Å². The van der Waals surface area contributed by atoms with E-state index in [1.807, 2.05) is 0 Å². The van der Waals surface area contributed by atoms with Gasteiger partial charge in [-0.05, 0) is 5.80 Å². The van der Waals surface area contributed by atoms with E-state index in [0.717, 1.165) is 0 Å². The molecule has 0 radical (unpaired) electrons. The first kappa shape index (κ1) is 8.57. The Bertz CT molecular complexity index is 107. The van der Waals surface area contributed by atoms with Gasteiger partial charge in [-0.15, -0.1) is 0 Å². The second-order valence-corrected chi connectivity index (χ2v) is 4.47. The molecule has 1 unspecified atom stereocenters. The molecule has 0 aromatic rings. The molecule has 2 nitrogen and oxygen atoms in total. The van der Waals surface area contributed by atoms with Crippen molar-refractivity contribution in [2.75, 3.05) is 19.5 Å². The quantitative estimate of drug-likeness (QED) is 0.456. The van der Waals surface area contributed by atoms with Crippen LogP contribution in [-0.4, -0.2) is 30.2 Å². The first-order chi connectivity index (χ1) is 3.62. The van der Waals surface area contributed by atoms with Crippen LogP contribution < -0.4 is 0 Å². The fourth-order valence-electron chi connectivity index (χ4n) is 0.226. The van der Waals surface area contributed by atoms with Gasteiger partial charge in [0.2, 0.25) is 0 Å². The van der Waals surface area contributed by atoms with Crippen LogP contribution >= 0.6 is 20.0 Å². The molecule has 1 N–H and O–H groups in total. The third-order valence-electron chi connectivity index (χ3n) is 0.790. The van der Waals surface area contributed by atoms with Crippen LogP contribution in [0.5, 0.6) is 0 Å². The molecule has 8 heavy (non-hydrogen) atoms. The van der Waals surface area contributed by atoms with E-state index in [0.29, 0.717) is 5.75 Å². The number of hydrogen-bond donors (Lipinski definition) is 2. The molecule has 0 heterocycles. The fourth-order valence-corrected chi connectivity index (χ4v) is 1.59. The maximum Gasteiger partial charge on any atom is 0.115 e. The first-order valence-corrected chi connectivity index (χ1v) is 5.03. The SMILES string of the molecule is COP(C)(O)=CCS. The van der Waals surface area contributed by atoms with Gasteiger partial charge in [0.05, 0.1) is 0 Å². The lowest BCUT2D eigenvalue weighted by atomic mass is 11.0. The van der Waals surface area contributed by atoms with Crippen molar-refractivity contribution in [1.29, 1.82) is 0 Å². The Kier molecular flexibility index (Phi) is 3.82. The summed E-state index contributed by atoms with van der Waals surface area (Å²) < 4.78 is 4.74. The third-order valence-corrected chi connectivity index (χ3v) is 2.86. The zero-order valence-electron chi connectivity index (χ0n) is 5.03. The van der Waals surface area contributed by atoms with Gasteiger partial charge in [-0.1, -0.05) is 0 Å². The molecule has 0 aliphatic heterocycles. The minimum atomic E-state index is -2.12. The van der Waals surface area contributed by atoms with Gasteiger partial charge < -0.3 is 9.42 Å². The molecule has 0 aliphatic carbocycles. The molecule has 4 heteroatoms. The summed E-state index contributed by atoms with van der Waals surface area (Å²) in [5.41, 5.74) is 0. The third kappa shape index (κ3) is 3.56. The van der Waals surface area contributed by atoms with E-state index < -0.39 is 7.34 Å². The second-order valence-electron chi connectivity index (χ2n) is 1.49. The summed E-state index contributed by atoms with van der Waals surface area (Å²) in [6, 6.07) is 0. The summed E-state index contributed by atoms with van der Waals surface area (Å²) in [7, 11) is -0.631. The lowest BCUT2D eigenvalue weighted by Crippen LogP contribution is -1.86. The van der Waals surface area contributed by atoms with Crippen molar-refractivity contribution < 1.29 is 9.42 Å². The molecule has 0 spiro atoms. The fraction of sp³-hybridized carbons (Fsp3) is 0.750. The molecular weight excluding hydrogens is 143 g/mol. The van der Waals surface area contributed by atoms with Crippen molar-refractivity contribution in [3.8, 4) is 0 Å². The zero-order chi connectivity index (χ0) is 6.62. The Balaban J connectivity index is 3.88. The Labute approximate surface area is 55.4 Å². The highest BCUT2D eigenvalue weighted by molar-refractivity contribution is 7.82. The summed E-state index contributed by atoms with van der Waals surface area (Å²) in [5.74, 6) is 2.24. The van der Waals surface area contributed by atoms with Crippen molar-refractivity contribution >= 4 is 25.8 Å². The highest BCUT2D eigenvalue weighted by Crippen LogP contribution is 2.36. The molecule has 0 aliphatic rings. The van der Waals surface area contributed by atoms with Crippen LogP contribution in [-0.2, 0) is 4.52 Å². The van der Waals surface area contributed by atoms with Gasteiger partial charge in [-0.2, -0.15) is 12.6 Å². The van der Waals surface area contributed by atoms with Crippen molar-refractivity contribution in [3.05, 3.63) is 0 Å². The average molecular weight is 154 g/mol. The minimum absolute atomic E-state index is 0.564. The predicted octanol–water partition coefficient (Wildman–Crippen LogP) is 0.834. The molecule has 0 saturated carbocycles. The van der Waals surface area contributed by atoms with Crippen LogP contribution in [0.4, 0.5) is 0 Å². The van der Waals surface area contributed by atoms with Gasteiger partial charge >= 0.3 is 0 Å². The molecule has 50 valence electrons. The van der Waals surface area contributed by atoms with Crippen LogP contribution in [0.1, 0.15) is 0 Å². The number of thiol groups is 1. The smallest absolute Gasteiger partial charge is 0.115 e. The van der Waals surface area contributed by atoms with Crippen molar-refractivity contribution in [2.24, 2.45) is 0 Å². The van der Waals surface area contributed by atoms with E-state index in [4.69, 9.17) is 9.42 Å². The van der Waals surface area contributed by atoms with Gasteiger partial charge in [-0.25, -0.2) is 0 Å². The van der Waals surface area contributed by atoms with Gasteiger partial charge in [0, 0.05) is 19.5 Å². The average Bonchev–Trinajstić information content (AvgIpc) is 1.67. The molecule has 0 aromatic carbocycles. The summed E-state index contributed by atoms with van der Waals surface area (Å²) in [5, 5.41) is 0. The minimum Gasteiger partial charge on any atom is -0.353 e. The van der Waals surface area contributed by atoms with E-state index in [1.54, 1.807) is 12.5 Å². The van der Waals surface area contributed by atoms with E-state index in [1.165, 1.54) is 7.11 Å². The summed E-state index contributed by atoms with van der Waals surface area (Å²) in [6.07, 6.45) is 0. The summed E-state index contributed by atoms with van der Waals surface area (Å²) in [4.78, 5) is 9.11. The second kappa shape index (κ2) is 3.57. The van der Waals surface area contributed by atoms with Crippen molar-refractivity contribution in [3.63, 3.8) is 0 Å². The Morgan fingerprint density at radius 2 is 2.38 bits per heavy atom. The van der Waals surface area contributed by atoms with E-state index >= 15 is 0 Å². The first-order valence-electron chi connectivity index (χ1n) is 2.22. The molecule has 0 aromatic heterocycles. The number of hydrogen-bond acceptors (Lipinski definition) is 3. The lowest BCUT2D eigenvalue weighted by Gasteiger charge is -2.08. The largest absolute Gasteiger partial charge is 0.353 e. The van der Waals surface area contributed by atoms with Gasteiger partial charge in [-0.3, -0.25) is 0 Å². The van der Waals surface area contributed by atoms with Crippen LogP contribution in [0.25, 0.3) is 0 Å². The molecule has 0 bridgehead atoms. The van der Waals surface area contributed by atoms with Crippen molar-refractivity contribution in [2.45, 2.75) is 0 Å². The zero-order valence-corrected chi connectivity index (χ0v) is 6.82. The van der Waals surface area contributed by atoms with E-state index in [2.05, 4.69) is 12.6 Å². The van der Waals surface area contributed by atoms with Crippen molar-refractivity contribution in [1.82, 2.24) is 0 Å². The number of rotatable bonds is 2. The monoisotopic (exact) mass is 154 g/mol. The highest BCUT2D eigenvalue weighted by atomic mass is 32.1. The Morgan fingerprint density at radius 1 is 1.88 bits per heavy atom. The molecule has 0 amide bonds. The maximum atomic E-state index is 9.11. The van der Waals surface area contributed by atoms with Crippen LogP contribution in [0, 0.1) is 0 Å². The highest BCUT2D eigenvalue weighted by Gasteiger charge is 1.98. The van der Waals surface area contributed by atoms with Gasteiger partial charge in [0.1, 0.15) is 7.34 Å². The summed E-state index contributed by atoms with van der Waals surface area (Å²) >= 11 is 3.90. The molecule has 0 fully saturated rings. The normalized spacial score (nSPS) is 17.5. The Hall–Kier alpha value is 0.570. The molecule has 1 atom stereocenters. The predicted molar refractivity (Wildman–Crippen MR) is 42.0 cm³/mol. The molecule has 0 saturated heterocycles. The van der Waals surface area contributed by atoms with Crippen LogP contribution in [0.3, 0.4) is 0 Å². The van der Waals surface area contributed by atoms with Gasteiger partial charge in [0.25, 0.3) is 0 Å². The van der Waals surface area contributed by atoms with E-state index in [-0.39, 0.29) is 0 Å². The maximum absolute atomic E-state index is 9.11. The van der Waals surface area contributed by atoms with Crippen LogP contribution in [0.15, 0.2) is 0 Å². The standard InChI is InChI=1S/C4H11O2PS/c1-6-7(2,5)3-4-8/h3,5,8H,4H2,1-2H3. The van der Waals surface area contributed by atoms with E-state index in [9.17, 15) is 0 Å².